The van der Waals surface area contributed by atoms with Crippen LogP contribution in [0, 0.1) is 0 Å². The number of fused-ring (bicyclic) bond motifs is 2. The molecular weight excluding hydrogens is 366 g/mol. The second-order valence-corrected chi connectivity index (χ2v) is 7.85. The summed E-state index contributed by atoms with van der Waals surface area (Å²) in [5.74, 6) is 0.0532. The van der Waals surface area contributed by atoms with Gasteiger partial charge in [0.15, 0.2) is 0 Å². The van der Waals surface area contributed by atoms with Crippen LogP contribution in [0.2, 0.25) is 0 Å². The molecule has 0 aliphatic carbocycles. The summed E-state index contributed by atoms with van der Waals surface area (Å²) in [5.41, 5.74) is 2.13. The lowest BCUT2D eigenvalue weighted by Crippen LogP contribution is -2.66. The SMILES string of the molecule is O=C1C2CN(Cc3ccc4ccccc4c3)CCN2C(=O)CN1Cc1ccoc1. The number of hydrogen-bond acceptors (Lipinski definition) is 4. The highest BCUT2D eigenvalue weighted by molar-refractivity contribution is 5.95. The quantitative estimate of drug-likeness (QED) is 0.688. The van der Waals surface area contributed by atoms with E-state index < -0.39 is 6.04 Å². The van der Waals surface area contributed by atoms with Gasteiger partial charge < -0.3 is 14.2 Å². The fourth-order valence-corrected chi connectivity index (χ4v) is 4.37. The van der Waals surface area contributed by atoms with Crippen molar-refractivity contribution >= 4 is 22.6 Å². The van der Waals surface area contributed by atoms with Gasteiger partial charge in [0.05, 0.1) is 12.5 Å². The molecule has 6 heteroatoms. The summed E-state index contributed by atoms with van der Waals surface area (Å²) in [6.07, 6.45) is 3.21. The van der Waals surface area contributed by atoms with Crippen LogP contribution in [-0.2, 0) is 22.7 Å². The third-order valence-electron chi connectivity index (χ3n) is 5.88. The Bertz CT molecular complexity index is 1050. The van der Waals surface area contributed by atoms with Crippen LogP contribution in [0.4, 0.5) is 0 Å². The van der Waals surface area contributed by atoms with Crippen LogP contribution in [0.15, 0.2) is 65.5 Å². The molecule has 2 aliphatic heterocycles. The highest BCUT2D eigenvalue weighted by Crippen LogP contribution is 2.22. The van der Waals surface area contributed by atoms with Crippen molar-refractivity contribution < 1.29 is 14.0 Å². The molecule has 5 rings (SSSR count). The van der Waals surface area contributed by atoms with Gasteiger partial charge in [0.25, 0.3) is 0 Å². The molecule has 2 fully saturated rings. The van der Waals surface area contributed by atoms with Crippen molar-refractivity contribution in [3.05, 3.63) is 72.2 Å². The van der Waals surface area contributed by atoms with E-state index in [1.165, 1.54) is 16.3 Å². The Morgan fingerprint density at radius 1 is 0.931 bits per heavy atom. The monoisotopic (exact) mass is 389 g/mol. The maximum absolute atomic E-state index is 13.1. The number of carbonyl (C=O) groups excluding carboxylic acids is 2. The van der Waals surface area contributed by atoms with E-state index in [0.717, 1.165) is 18.7 Å². The predicted octanol–water partition coefficient (Wildman–Crippen LogP) is 2.49. The lowest BCUT2D eigenvalue weighted by molar-refractivity contribution is -0.160. The van der Waals surface area contributed by atoms with Crippen molar-refractivity contribution in [1.29, 1.82) is 0 Å². The topological polar surface area (TPSA) is 57.0 Å². The Morgan fingerprint density at radius 2 is 1.79 bits per heavy atom. The molecule has 0 saturated carbocycles. The number of rotatable bonds is 4. The van der Waals surface area contributed by atoms with Gasteiger partial charge in [0.1, 0.15) is 12.6 Å². The third-order valence-corrected chi connectivity index (χ3v) is 5.88. The van der Waals surface area contributed by atoms with E-state index >= 15 is 0 Å². The number of benzene rings is 2. The van der Waals surface area contributed by atoms with Gasteiger partial charge in [-0.15, -0.1) is 0 Å². The molecule has 0 N–H and O–H groups in total. The first kappa shape index (κ1) is 17.9. The van der Waals surface area contributed by atoms with Gasteiger partial charge in [-0.25, -0.2) is 0 Å². The Hall–Kier alpha value is -3.12. The first-order chi connectivity index (χ1) is 14.2. The summed E-state index contributed by atoms with van der Waals surface area (Å²) < 4.78 is 5.10. The summed E-state index contributed by atoms with van der Waals surface area (Å²) >= 11 is 0. The molecule has 148 valence electrons. The van der Waals surface area contributed by atoms with E-state index in [0.29, 0.717) is 19.6 Å². The molecule has 2 saturated heterocycles. The van der Waals surface area contributed by atoms with Crippen LogP contribution in [0.25, 0.3) is 10.8 Å². The average molecular weight is 389 g/mol. The van der Waals surface area contributed by atoms with Gasteiger partial charge in [-0.3, -0.25) is 14.5 Å². The summed E-state index contributed by atoms with van der Waals surface area (Å²) in [6, 6.07) is 16.2. The number of piperazine rings is 2. The van der Waals surface area contributed by atoms with Crippen molar-refractivity contribution in [3.63, 3.8) is 0 Å². The van der Waals surface area contributed by atoms with Crippen molar-refractivity contribution in [3.8, 4) is 0 Å². The van der Waals surface area contributed by atoms with Crippen LogP contribution in [0.3, 0.4) is 0 Å². The summed E-state index contributed by atoms with van der Waals surface area (Å²) in [7, 11) is 0. The first-order valence-corrected chi connectivity index (χ1v) is 9.97. The lowest BCUT2D eigenvalue weighted by Gasteiger charge is -2.46. The van der Waals surface area contributed by atoms with Crippen LogP contribution >= 0.6 is 0 Å². The maximum atomic E-state index is 13.1. The Balaban J connectivity index is 1.30. The minimum absolute atomic E-state index is 0.0222. The fourth-order valence-electron chi connectivity index (χ4n) is 4.37. The average Bonchev–Trinajstić information content (AvgIpc) is 3.25. The third kappa shape index (κ3) is 3.51. The van der Waals surface area contributed by atoms with E-state index in [1.807, 2.05) is 18.2 Å². The lowest BCUT2D eigenvalue weighted by atomic mass is 10.0. The molecule has 0 radical (unpaired) electrons. The minimum atomic E-state index is -0.405. The molecule has 1 unspecified atom stereocenters. The molecule has 6 nitrogen and oxygen atoms in total. The van der Waals surface area contributed by atoms with Crippen molar-refractivity contribution in [2.45, 2.75) is 19.1 Å². The molecule has 2 aromatic carbocycles. The van der Waals surface area contributed by atoms with Crippen LogP contribution in [-0.4, -0.2) is 58.7 Å². The smallest absolute Gasteiger partial charge is 0.247 e. The van der Waals surface area contributed by atoms with Gasteiger partial charge in [-0.2, -0.15) is 0 Å². The zero-order chi connectivity index (χ0) is 19.8. The van der Waals surface area contributed by atoms with Gasteiger partial charge in [0.2, 0.25) is 11.8 Å². The number of hydrogen-bond donors (Lipinski definition) is 0. The predicted molar refractivity (Wildman–Crippen MR) is 109 cm³/mol. The molecule has 1 atom stereocenters. The summed E-state index contributed by atoms with van der Waals surface area (Å²) in [6.45, 7) is 3.28. The second-order valence-electron chi connectivity index (χ2n) is 7.85. The van der Waals surface area contributed by atoms with Gasteiger partial charge in [-0.05, 0) is 28.5 Å². The molecule has 0 bridgehead atoms. The van der Waals surface area contributed by atoms with Gasteiger partial charge >= 0.3 is 0 Å². The van der Waals surface area contributed by atoms with Crippen LogP contribution in [0.1, 0.15) is 11.1 Å². The van der Waals surface area contributed by atoms with E-state index in [-0.39, 0.29) is 18.4 Å². The second kappa shape index (κ2) is 7.37. The number of carbonyl (C=O) groups is 2. The fraction of sp³-hybridized carbons (Fsp3) is 0.304. The highest BCUT2D eigenvalue weighted by Gasteiger charge is 2.42. The Kier molecular flexibility index (Phi) is 4.56. The van der Waals surface area contributed by atoms with Crippen molar-refractivity contribution in [2.75, 3.05) is 26.2 Å². The first-order valence-electron chi connectivity index (χ1n) is 9.97. The van der Waals surface area contributed by atoms with E-state index in [1.54, 1.807) is 22.3 Å². The van der Waals surface area contributed by atoms with E-state index in [4.69, 9.17) is 4.42 Å². The number of amides is 2. The van der Waals surface area contributed by atoms with Crippen molar-refractivity contribution in [2.24, 2.45) is 0 Å². The molecule has 0 spiro atoms. The Morgan fingerprint density at radius 3 is 2.62 bits per heavy atom. The Labute approximate surface area is 169 Å². The standard InChI is InChI=1S/C23H23N3O3/c27-22-15-25(13-18-7-10-29-16-18)23(28)21-14-24(8-9-26(21)22)12-17-5-6-19-3-1-2-4-20(19)11-17/h1-7,10-11,16,21H,8-9,12-15H2. The van der Waals surface area contributed by atoms with Gasteiger partial charge in [-0.1, -0.05) is 36.4 Å². The highest BCUT2D eigenvalue weighted by atomic mass is 16.3. The molecule has 29 heavy (non-hydrogen) atoms. The zero-order valence-electron chi connectivity index (χ0n) is 16.2. The number of furan rings is 1. The molecule has 3 aromatic rings. The summed E-state index contributed by atoms with van der Waals surface area (Å²) in [5, 5.41) is 2.45. The molecular formula is C23H23N3O3. The molecule has 3 heterocycles. The van der Waals surface area contributed by atoms with Crippen LogP contribution in [0.5, 0.6) is 0 Å². The molecule has 1 aromatic heterocycles. The van der Waals surface area contributed by atoms with Crippen LogP contribution < -0.4 is 0 Å². The summed E-state index contributed by atoms with van der Waals surface area (Å²) in [4.78, 5) is 31.4. The van der Waals surface area contributed by atoms with E-state index in [9.17, 15) is 9.59 Å². The normalized spacial score (nSPS) is 20.3. The molecule has 2 amide bonds. The minimum Gasteiger partial charge on any atom is -0.472 e. The largest absolute Gasteiger partial charge is 0.472 e. The van der Waals surface area contributed by atoms with Crippen molar-refractivity contribution in [1.82, 2.24) is 14.7 Å². The van der Waals surface area contributed by atoms with E-state index in [2.05, 4.69) is 35.2 Å². The zero-order valence-corrected chi connectivity index (χ0v) is 16.2. The maximum Gasteiger partial charge on any atom is 0.247 e. The van der Waals surface area contributed by atoms with Gasteiger partial charge in [0, 0.05) is 38.3 Å². The number of nitrogens with zero attached hydrogens (tertiary/aromatic N) is 3. The molecule has 2 aliphatic rings.